The van der Waals surface area contributed by atoms with Gasteiger partial charge in [0.2, 0.25) is 0 Å². The monoisotopic (exact) mass is 271 g/mol. The van der Waals surface area contributed by atoms with Gasteiger partial charge < -0.3 is 4.90 Å². The minimum atomic E-state index is -0.608. The molecule has 3 heteroatoms. The molecule has 3 nitrogen and oxygen atoms in total. The average Bonchev–Trinajstić information content (AvgIpc) is 3.14. The van der Waals surface area contributed by atoms with Crippen molar-refractivity contribution in [1.82, 2.24) is 10.2 Å². The maximum atomic E-state index is 9.77. The molecule has 0 amide bonds. The van der Waals surface area contributed by atoms with Gasteiger partial charge in [0.1, 0.15) is 5.54 Å². The highest BCUT2D eigenvalue weighted by Crippen LogP contribution is 2.38. The highest BCUT2D eigenvalue weighted by molar-refractivity contribution is 5.32. The average molecular weight is 271 g/mol. The molecule has 1 aromatic carbocycles. The van der Waals surface area contributed by atoms with E-state index in [1.807, 2.05) is 30.3 Å². The van der Waals surface area contributed by atoms with Crippen molar-refractivity contribution in [3.63, 3.8) is 0 Å². The molecule has 0 heterocycles. The fourth-order valence-electron chi connectivity index (χ4n) is 2.94. The molecular formula is C17H25N3. The summed E-state index contributed by atoms with van der Waals surface area (Å²) in [5.74, 6) is 1.67. The zero-order valence-electron chi connectivity index (χ0n) is 12.8. The topological polar surface area (TPSA) is 39.1 Å². The van der Waals surface area contributed by atoms with Crippen LogP contribution in [0.2, 0.25) is 0 Å². The molecule has 1 aromatic rings. The summed E-state index contributed by atoms with van der Waals surface area (Å²) in [6.07, 6.45) is 1.33. The molecule has 108 valence electrons. The maximum Gasteiger partial charge on any atom is 0.145 e. The first-order valence-corrected chi connectivity index (χ1v) is 7.51. The first kappa shape index (κ1) is 15.0. The number of hydrogen-bond donors (Lipinski definition) is 1. The van der Waals surface area contributed by atoms with Gasteiger partial charge in [0.15, 0.2) is 0 Å². The Morgan fingerprint density at radius 1 is 1.40 bits per heavy atom. The van der Waals surface area contributed by atoms with Crippen molar-refractivity contribution in [2.75, 3.05) is 26.7 Å². The Kier molecular flexibility index (Phi) is 4.80. The lowest BCUT2D eigenvalue weighted by atomic mass is 9.90. The van der Waals surface area contributed by atoms with Gasteiger partial charge in [-0.05, 0) is 37.4 Å². The van der Waals surface area contributed by atoms with Crippen molar-refractivity contribution < 1.29 is 0 Å². The molecule has 0 aromatic heterocycles. The number of nitrogens with one attached hydrogen (secondary N) is 1. The van der Waals surface area contributed by atoms with Crippen LogP contribution < -0.4 is 5.32 Å². The maximum absolute atomic E-state index is 9.77. The predicted octanol–water partition coefficient (Wildman–Crippen LogP) is 2.60. The van der Waals surface area contributed by atoms with Crippen LogP contribution in [0.25, 0.3) is 0 Å². The Morgan fingerprint density at radius 3 is 2.55 bits per heavy atom. The van der Waals surface area contributed by atoms with Gasteiger partial charge >= 0.3 is 0 Å². The van der Waals surface area contributed by atoms with Gasteiger partial charge in [-0.15, -0.1) is 0 Å². The Hall–Kier alpha value is -1.37. The van der Waals surface area contributed by atoms with Crippen LogP contribution in [0.1, 0.15) is 25.8 Å². The van der Waals surface area contributed by atoms with E-state index in [1.165, 1.54) is 6.42 Å². The third kappa shape index (κ3) is 3.39. The summed E-state index contributed by atoms with van der Waals surface area (Å²) in [5.41, 5.74) is 0.447. The number of benzene rings is 1. The summed E-state index contributed by atoms with van der Waals surface area (Å²) >= 11 is 0. The molecule has 0 spiro atoms. The first-order valence-electron chi connectivity index (χ1n) is 7.51. The molecule has 0 radical (unpaired) electrons. The Morgan fingerprint density at radius 2 is 2.05 bits per heavy atom. The third-order valence-electron chi connectivity index (χ3n) is 4.27. The molecule has 0 aliphatic heterocycles. The smallest absolute Gasteiger partial charge is 0.145 e. The van der Waals surface area contributed by atoms with Gasteiger partial charge in [-0.3, -0.25) is 5.32 Å². The van der Waals surface area contributed by atoms with E-state index in [9.17, 15) is 5.26 Å². The number of nitrogens with zero attached hydrogens (tertiary/aromatic N) is 2. The van der Waals surface area contributed by atoms with Crippen LogP contribution in [0.5, 0.6) is 0 Å². The lowest BCUT2D eigenvalue weighted by Crippen LogP contribution is -2.49. The van der Waals surface area contributed by atoms with Crippen LogP contribution in [0.3, 0.4) is 0 Å². The minimum Gasteiger partial charge on any atom is -0.303 e. The summed E-state index contributed by atoms with van der Waals surface area (Å²) in [7, 11) is 2.12. The SMILES string of the molecule is CCNC(C#N)(CN(C)CC1CC1C)c1ccccc1. The molecule has 1 aliphatic carbocycles. The largest absolute Gasteiger partial charge is 0.303 e. The van der Waals surface area contributed by atoms with E-state index in [1.54, 1.807) is 0 Å². The van der Waals surface area contributed by atoms with Gasteiger partial charge in [0, 0.05) is 13.1 Å². The van der Waals surface area contributed by atoms with Crippen molar-refractivity contribution >= 4 is 0 Å². The first-order chi connectivity index (χ1) is 9.61. The van der Waals surface area contributed by atoms with E-state index in [0.717, 1.165) is 37.0 Å². The second kappa shape index (κ2) is 6.39. The summed E-state index contributed by atoms with van der Waals surface area (Å²) < 4.78 is 0. The molecule has 1 saturated carbocycles. The normalized spacial score (nSPS) is 24.1. The van der Waals surface area contributed by atoms with Crippen molar-refractivity contribution in [1.29, 1.82) is 5.26 Å². The van der Waals surface area contributed by atoms with Crippen molar-refractivity contribution in [3.8, 4) is 6.07 Å². The number of likely N-dealkylation sites (N-methyl/N-ethyl adjacent to an activating group) is 2. The fourth-order valence-corrected chi connectivity index (χ4v) is 2.94. The standard InChI is InChI=1S/C17H25N3/c1-4-19-17(12-18,16-8-6-5-7-9-16)13-20(3)11-15-10-14(15)2/h5-9,14-15,19H,4,10-11,13H2,1-3H3. The lowest BCUT2D eigenvalue weighted by molar-refractivity contribution is 0.241. The van der Waals surface area contributed by atoms with E-state index >= 15 is 0 Å². The second-order valence-electron chi connectivity index (χ2n) is 6.08. The molecule has 2 rings (SSSR count). The van der Waals surface area contributed by atoms with Crippen molar-refractivity contribution in [2.45, 2.75) is 25.8 Å². The van der Waals surface area contributed by atoms with Crippen molar-refractivity contribution in [2.24, 2.45) is 11.8 Å². The van der Waals surface area contributed by atoms with Crippen LogP contribution in [-0.4, -0.2) is 31.6 Å². The lowest BCUT2D eigenvalue weighted by Gasteiger charge is -2.32. The van der Waals surface area contributed by atoms with Gasteiger partial charge in [0.25, 0.3) is 0 Å². The highest BCUT2D eigenvalue weighted by Gasteiger charge is 2.37. The van der Waals surface area contributed by atoms with Gasteiger partial charge in [-0.2, -0.15) is 5.26 Å². The fraction of sp³-hybridized carbons (Fsp3) is 0.588. The Labute approximate surface area is 122 Å². The molecule has 0 saturated heterocycles. The van der Waals surface area contributed by atoms with Crippen LogP contribution in [0, 0.1) is 23.2 Å². The van der Waals surface area contributed by atoms with Gasteiger partial charge in [0.05, 0.1) is 6.07 Å². The second-order valence-corrected chi connectivity index (χ2v) is 6.08. The number of hydrogen-bond acceptors (Lipinski definition) is 3. The molecule has 3 atom stereocenters. The van der Waals surface area contributed by atoms with Gasteiger partial charge in [-0.25, -0.2) is 0 Å². The summed E-state index contributed by atoms with van der Waals surface area (Å²) in [5, 5.41) is 13.2. The van der Waals surface area contributed by atoms with Crippen LogP contribution in [0.4, 0.5) is 0 Å². The molecule has 1 aliphatic rings. The quantitative estimate of drug-likeness (QED) is 0.828. The zero-order valence-corrected chi connectivity index (χ0v) is 12.8. The minimum absolute atomic E-state index is 0.608. The van der Waals surface area contributed by atoms with E-state index in [0.29, 0.717) is 0 Å². The number of nitriles is 1. The summed E-state index contributed by atoms with van der Waals surface area (Å²) in [6.45, 7) is 6.96. The molecule has 3 unspecified atom stereocenters. The third-order valence-corrected chi connectivity index (χ3v) is 4.27. The highest BCUT2D eigenvalue weighted by atomic mass is 15.2. The molecular weight excluding hydrogens is 246 g/mol. The van der Waals surface area contributed by atoms with E-state index < -0.39 is 5.54 Å². The van der Waals surface area contributed by atoms with Crippen molar-refractivity contribution in [3.05, 3.63) is 35.9 Å². The van der Waals surface area contributed by atoms with Crippen LogP contribution >= 0.6 is 0 Å². The number of rotatable bonds is 7. The van der Waals surface area contributed by atoms with Gasteiger partial charge in [-0.1, -0.05) is 44.2 Å². The Balaban J connectivity index is 2.12. The van der Waals surface area contributed by atoms with Crippen LogP contribution in [-0.2, 0) is 5.54 Å². The Bertz CT molecular complexity index is 465. The van der Waals surface area contributed by atoms with E-state index in [2.05, 4.69) is 37.2 Å². The summed E-state index contributed by atoms with van der Waals surface area (Å²) in [6, 6.07) is 12.6. The molecule has 20 heavy (non-hydrogen) atoms. The van der Waals surface area contributed by atoms with E-state index in [4.69, 9.17) is 0 Å². The summed E-state index contributed by atoms with van der Waals surface area (Å²) in [4.78, 5) is 2.30. The molecule has 1 fully saturated rings. The van der Waals surface area contributed by atoms with Crippen LogP contribution in [0.15, 0.2) is 30.3 Å². The predicted molar refractivity (Wildman–Crippen MR) is 82.2 cm³/mol. The molecule has 0 bridgehead atoms. The zero-order chi connectivity index (χ0) is 14.6. The molecule has 1 N–H and O–H groups in total. The van der Waals surface area contributed by atoms with E-state index in [-0.39, 0.29) is 0 Å².